The van der Waals surface area contributed by atoms with E-state index in [0.717, 1.165) is 22.7 Å². The highest BCUT2D eigenvalue weighted by Gasteiger charge is 2.14. The fourth-order valence-electron chi connectivity index (χ4n) is 1.80. The smallest absolute Gasteiger partial charge is 0.290 e. The lowest BCUT2D eigenvalue weighted by Gasteiger charge is -2.05. The summed E-state index contributed by atoms with van der Waals surface area (Å²) in [4.78, 5) is 8.36. The van der Waals surface area contributed by atoms with Crippen LogP contribution in [0.4, 0.5) is 0 Å². The van der Waals surface area contributed by atoms with Gasteiger partial charge in [-0.05, 0) is 6.92 Å². The molecule has 96 valence electrons. The minimum Gasteiger partial charge on any atom is -0.492 e. The van der Waals surface area contributed by atoms with Gasteiger partial charge in [-0.2, -0.15) is 5.10 Å². The SMILES string of the molecule is COc1c(C)nn(C)c1-c1ccccc1.O=CO. The minimum absolute atomic E-state index is 0.250. The lowest BCUT2D eigenvalue weighted by atomic mass is 10.1. The molecule has 5 nitrogen and oxygen atoms in total. The second-order valence-electron chi connectivity index (χ2n) is 3.56. The van der Waals surface area contributed by atoms with E-state index in [2.05, 4.69) is 17.2 Å². The lowest BCUT2D eigenvalue weighted by molar-refractivity contribution is -0.122. The molecule has 0 aliphatic heterocycles. The molecule has 0 atom stereocenters. The highest BCUT2D eigenvalue weighted by atomic mass is 16.5. The van der Waals surface area contributed by atoms with Crippen LogP contribution in [-0.2, 0) is 11.8 Å². The van der Waals surface area contributed by atoms with Crippen LogP contribution in [0.5, 0.6) is 5.75 Å². The van der Waals surface area contributed by atoms with Crippen molar-refractivity contribution >= 4 is 6.47 Å². The molecular formula is C13H16N2O3. The Hall–Kier alpha value is -2.30. The summed E-state index contributed by atoms with van der Waals surface area (Å²) in [5.74, 6) is 0.851. The van der Waals surface area contributed by atoms with E-state index in [-0.39, 0.29) is 6.47 Å². The molecule has 18 heavy (non-hydrogen) atoms. The zero-order chi connectivity index (χ0) is 13.5. The second-order valence-corrected chi connectivity index (χ2v) is 3.56. The van der Waals surface area contributed by atoms with E-state index in [1.165, 1.54) is 0 Å². The molecule has 0 bridgehead atoms. The molecule has 0 radical (unpaired) electrons. The van der Waals surface area contributed by atoms with Crippen LogP contribution in [0.2, 0.25) is 0 Å². The minimum atomic E-state index is -0.250. The van der Waals surface area contributed by atoms with E-state index in [9.17, 15) is 0 Å². The first-order valence-corrected chi connectivity index (χ1v) is 5.36. The average molecular weight is 248 g/mol. The van der Waals surface area contributed by atoms with Crippen molar-refractivity contribution in [3.8, 4) is 17.0 Å². The first-order chi connectivity index (χ1) is 8.65. The highest BCUT2D eigenvalue weighted by Crippen LogP contribution is 2.31. The molecule has 2 aromatic rings. The molecule has 0 amide bonds. The van der Waals surface area contributed by atoms with Gasteiger partial charge in [0.25, 0.3) is 6.47 Å². The number of carboxylic acid groups (broad SMARTS) is 1. The first-order valence-electron chi connectivity index (χ1n) is 5.36. The van der Waals surface area contributed by atoms with Gasteiger partial charge in [0.1, 0.15) is 11.4 Å². The number of benzene rings is 1. The number of hydrogen-bond acceptors (Lipinski definition) is 3. The number of rotatable bonds is 2. The molecule has 0 spiro atoms. The fraction of sp³-hybridized carbons (Fsp3) is 0.231. The first kappa shape index (κ1) is 13.8. The zero-order valence-electron chi connectivity index (χ0n) is 10.6. The zero-order valence-corrected chi connectivity index (χ0v) is 10.6. The summed E-state index contributed by atoms with van der Waals surface area (Å²) in [7, 11) is 3.61. The quantitative estimate of drug-likeness (QED) is 0.827. The van der Waals surface area contributed by atoms with E-state index >= 15 is 0 Å². The standard InChI is InChI=1S/C12H14N2O.CH2O2/c1-9-12(15-3)11(14(2)13-9)10-7-5-4-6-8-10;2-1-3/h4-8H,1-3H3;1H,(H,2,3). The predicted molar refractivity (Wildman–Crippen MR) is 68.6 cm³/mol. The number of nitrogens with zero attached hydrogens (tertiary/aromatic N) is 2. The van der Waals surface area contributed by atoms with Crippen LogP contribution in [0.15, 0.2) is 30.3 Å². The van der Waals surface area contributed by atoms with Crippen LogP contribution in [0.1, 0.15) is 5.69 Å². The third-order valence-corrected chi connectivity index (χ3v) is 2.42. The summed E-state index contributed by atoms with van der Waals surface area (Å²) in [6.07, 6.45) is 0. The number of carbonyl (C=O) groups is 1. The van der Waals surface area contributed by atoms with Gasteiger partial charge in [-0.3, -0.25) is 9.48 Å². The monoisotopic (exact) mass is 248 g/mol. The van der Waals surface area contributed by atoms with Gasteiger partial charge in [0.2, 0.25) is 0 Å². The molecule has 1 aromatic carbocycles. The maximum Gasteiger partial charge on any atom is 0.290 e. The van der Waals surface area contributed by atoms with Crippen LogP contribution in [0.25, 0.3) is 11.3 Å². The van der Waals surface area contributed by atoms with Gasteiger partial charge in [-0.25, -0.2) is 0 Å². The van der Waals surface area contributed by atoms with Crippen LogP contribution < -0.4 is 4.74 Å². The molecule has 1 heterocycles. The fourth-order valence-corrected chi connectivity index (χ4v) is 1.80. The van der Waals surface area contributed by atoms with Crippen molar-refractivity contribution in [1.82, 2.24) is 9.78 Å². The summed E-state index contributed by atoms with van der Waals surface area (Å²) in [5, 5.41) is 11.2. The largest absolute Gasteiger partial charge is 0.492 e. The predicted octanol–water partition coefficient (Wildman–Crippen LogP) is 2.10. The lowest BCUT2D eigenvalue weighted by Crippen LogP contribution is -1.94. The molecule has 0 saturated carbocycles. The Morgan fingerprint density at radius 2 is 1.89 bits per heavy atom. The topological polar surface area (TPSA) is 64.4 Å². The Labute approximate surface area is 106 Å². The molecule has 5 heteroatoms. The van der Waals surface area contributed by atoms with Crippen molar-refractivity contribution in [2.75, 3.05) is 7.11 Å². The molecule has 1 aromatic heterocycles. The number of aryl methyl sites for hydroxylation is 2. The van der Waals surface area contributed by atoms with Crippen molar-refractivity contribution < 1.29 is 14.6 Å². The van der Waals surface area contributed by atoms with Crippen LogP contribution in [-0.4, -0.2) is 28.5 Å². The summed E-state index contributed by atoms with van der Waals surface area (Å²) in [5.41, 5.74) is 3.06. The average Bonchev–Trinajstić information content (AvgIpc) is 2.65. The third-order valence-electron chi connectivity index (χ3n) is 2.42. The molecule has 0 unspecified atom stereocenters. The second kappa shape index (κ2) is 6.44. The molecule has 0 aliphatic rings. The van der Waals surface area contributed by atoms with Gasteiger partial charge >= 0.3 is 0 Å². The van der Waals surface area contributed by atoms with E-state index in [0.29, 0.717) is 0 Å². The molecule has 1 N–H and O–H groups in total. The highest BCUT2D eigenvalue weighted by molar-refractivity contribution is 5.67. The van der Waals surface area contributed by atoms with Crippen LogP contribution >= 0.6 is 0 Å². The van der Waals surface area contributed by atoms with Gasteiger partial charge in [0.05, 0.1) is 7.11 Å². The third kappa shape index (κ3) is 2.88. The Bertz CT molecular complexity index is 506. The van der Waals surface area contributed by atoms with Crippen molar-refractivity contribution in [2.45, 2.75) is 6.92 Å². The number of methoxy groups -OCH3 is 1. The van der Waals surface area contributed by atoms with E-state index in [1.807, 2.05) is 36.9 Å². The molecule has 0 aliphatic carbocycles. The number of ether oxygens (including phenoxy) is 1. The Morgan fingerprint density at radius 1 is 1.33 bits per heavy atom. The summed E-state index contributed by atoms with van der Waals surface area (Å²) < 4.78 is 7.22. The van der Waals surface area contributed by atoms with Gasteiger partial charge in [-0.1, -0.05) is 30.3 Å². The summed E-state index contributed by atoms with van der Waals surface area (Å²) in [6, 6.07) is 10.1. The van der Waals surface area contributed by atoms with E-state index in [1.54, 1.807) is 7.11 Å². The normalized spacial score (nSPS) is 9.28. The Morgan fingerprint density at radius 3 is 2.39 bits per heavy atom. The van der Waals surface area contributed by atoms with Crippen molar-refractivity contribution in [2.24, 2.45) is 7.05 Å². The number of aromatic nitrogens is 2. The number of hydrogen-bond donors (Lipinski definition) is 1. The Balaban J connectivity index is 0.000000492. The summed E-state index contributed by atoms with van der Waals surface area (Å²) in [6.45, 7) is 1.70. The van der Waals surface area contributed by atoms with Crippen molar-refractivity contribution in [3.63, 3.8) is 0 Å². The van der Waals surface area contributed by atoms with Gasteiger partial charge < -0.3 is 9.84 Å². The van der Waals surface area contributed by atoms with Gasteiger partial charge in [0.15, 0.2) is 5.75 Å². The molecule has 0 fully saturated rings. The van der Waals surface area contributed by atoms with Crippen molar-refractivity contribution in [1.29, 1.82) is 0 Å². The molecular weight excluding hydrogens is 232 g/mol. The summed E-state index contributed by atoms with van der Waals surface area (Å²) >= 11 is 0. The van der Waals surface area contributed by atoms with Gasteiger partial charge in [0, 0.05) is 12.6 Å². The van der Waals surface area contributed by atoms with E-state index < -0.39 is 0 Å². The maximum atomic E-state index is 8.36. The Kier molecular flexibility index (Phi) is 4.92. The van der Waals surface area contributed by atoms with Crippen LogP contribution in [0.3, 0.4) is 0 Å². The van der Waals surface area contributed by atoms with Crippen LogP contribution in [0, 0.1) is 6.92 Å². The van der Waals surface area contributed by atoms with Crippen molar-refractivity contribution in [3.05, 3.63) is 36.0 Å². The molecule has 0 saturated heterocycles. The maximum absolute atomic E-state index is 8.36. The van der Waals surface area contributed by atoms with Gasteiger partial charge in [-0.15, -0.1) is 0 Å². The molecule has 2 rings (SSSR count). The van der Waals surface area contributed by atoms with E-state index in [4.69, 9.17) is 14.6 Å².